The molecule has 0 aliphatic rings. The molecule has 1 atom stereocenters. The zero-order chi connectivity index (χ0) is 8.81. The van der Waals surface area contributed by atoms with Gasteiger partial charge >= 0.3 is 0 Å². The fraction of sp³-hybridized carbons (Fsp3) is 0.556. The average Bonchev–Trinajstić information content (AvgIpc) is 2.59. The molecule has 68 valence electrons. The minimum atomic E-state index is 0.223. The molecule has 0 spiro atoms. The molecule has 0 aliphatic heterocycles. The van der Waals surface area contributed by atoms with Crippen molar-refractivity contribution in [2.45, 2.75) is 25.9 Å². The number of aliphatic hydroxyl groups is 1. The molecule has 0 saturated carbocycles. The Labute approximate surface area is 77.2 Å². The topological polar surface area (TPSA) is 32.3 Å². The van der Waals surface area contributed by atoms with Crippen LogP contribution in [0, 0.1) is 0 Å². The van der Waals surface area contributed by atoms with Crippen LogP contribution in [0.2, 0.25) is 0 Å². The molecule has 1 aromatic heterocycles. The van der Waals surface area contributed by atoms with Gasteiger partial charge in [0.15, 0.2) is 0 Å². The highest BCUT2D eigenvalue weighted by Crippen LogP contribution is 2.05. The molecule has 0 fully saturated rings. The molecule has 0 saturated heterocycles. The minimum Gasteiger partial charge on any atom is -0.395 e. The molecule has 1 rings (SSSR count). The maximum absolute atomic E-state index is 8.89. The van der Waals surface area contributed by atoms with Gasteiger partial charge in [-0.15, -0.1) is 0 Å². The summed E-state index contributed by atoms with van der Waals surface area (Å²) in [6.07, 6.45) is 0.973. The SMILES string of the molecule is CC[C@@H](CO)NCc1ccsc1. The smallest absolute Gasteiger partial charge is 0.0584 e. The Bertz CT molecular complexity index is 194. The first-order chi connectivity index (χ1) is 5.86. The summed E-state index contributed by atoms with van der Waals surface area (Å²) in [6.45, 7) is 3.16. The van der Waals surface area contributed by atoms with E-state index in [1.54, 1.807) is 11.3 Å². The Morgan fingerprint density at radius 2 is 2.50 bits per heavy atom. The Balaban J connectivity index is 2.25. The van der Waals surface area contributed by atoms with E-state index in [2.05, 4.69) is 29.1 Å². The van der Waals surface area contributed by atoms with Gasteiger partial charge in [0.25, 0.3) is 0 Å². The van der Waals surface area contributed by atoms with Crippen molar-refractivity contribution in [2.24, 2.45) is 0 Å². The lowest BCUT2D eigenvalue weighted by atomic mass is 10.2. The van der Waals surface area contributed by atoms with Crippen molar-refractivity contribution in [3.63, 3.8) is 0 Å². The highest BCUT2D eigenvalue weighted by molar-refractivity contribution is 7.07. The molecule has 3 heteroatoms. The van der Waals surface area contributed by atoms with Crippen LogP contribution in [0.4, 0.5) is 0 Å². The summed E-state index contributed by atoms with van der Waals surface area (Å²) in [5.74, 6) is 0. The highest BCUT2D eigenvalue weighted by atomic mass is 32.1. The molecular formula is C9H15NOS. The molecular weight excluding hydrogens is 170 g/mol. The Hall–Kier alpha value is -0.380. The molecule has 0 radical (unpaired) electrons. The van der Waals surface area contributed by atoms with E-state index in [1.807, 2.05) is 0 Å². The summed E-state index contributed by atoms with van der Waals surface area (Å²) < 4.78 is 0. The van der Waals surface area contributed by atoms with Gasteiger partial charge in [-0.2, -0.15) is 11.3 Å². The van der Waals surface area contributed by atoms with E-state index in [0.717, 1.165) is 13.0 Å². The van der Waals surface area contributed by atoms with Gasteiger partial charge in [-0.3, -0.25) is 0 Å². The first-order valence-electron chi connectivity index (χ1n) is 4.22. The van der Waals surface area contributed by atoms with E-state index in [9.17, 15) is 0 Å². The fourth-order valence-electron chi connectivity index (χ4n) is 0.993. The van der Waals surface area contributed by atoms with Gasteiger partial charge in [0, 0.05) is 12.6 Å². The summed E-state index contributed by atoms with van der Waals surface area (Å²) in [7, 11) is 0. The molecule has 0 amide bonds. The van der Waals surface area contributed by atoms with Crippen molar-refractivity contribution in [2.75, 3.05) is 6.61 Å². The molecule has 2 N–H and O–H groups in total. The number of hydrogen-bond acceptors (Lipinski definition) is 3. The number of hydrogen-bond donors (Lipinski definition) is 2. The number of thiophene rings is 1. The Morgan fingerprint density at radius 3 is 3.00 bits per heavy atom. The second-order valence-electron chi connectivity index (χ2n) is 2.80. The monoisotopic (exact) mass is 185 g/mol. The van der Waals surface area contributed by atoms with Crippen LogP contribution in [0.5, 0.6) is 0 Å². The maximum Gasteiger partial charge on any atom is 0.0584 e. The molecule has 1 aromatic rings. The first-order valence-corrected chi connectivity index (χ1v) is 5.16. The van der Waals surface area contributed by atoms with Gasteiger partial charge in [-0.05, 0) is 28.8 Å². The van der Waals surface area contributed by atoms with Crippen LogP contribution in [0.3, 0.4) is 0 Å². The molecule has 0 unspecified atom stereocenters. The van der Waals surface area contributed by atoms with Crippen molar-refractivity contribution in [3.05, 3.63) is 22.4 Å². The molecule has 0 bridgehead atoms. The predicted octanol–water partition coefficient (Wildman–Crippen LogP) is 1.61. The van der Waals surface area contributed by atoms with E-state index in [0.29, 0.717) is 0 Å². The zero-order valence-electron chi connectivity index (χ0n) is 7.29. The van der Waals surface area contributed by atoms with Crippen LogP contribution in [0.1, 0.15) is 18.9 Å². The van der Waals surface area contributed by atoms with Gasteiger partial charge in [-0.25, -0.2) is 0 Å². The van der Waals surface area contributed by atoms with E-state index >= 15 is 0 Å². The summed E-state index contributed by atoms with van der Waals surface area (Å²) in [5.41, 5.74) is 1.30. The lowest BCUT2D eigenvalue weighted by molar-refractivity contribution is 0.238. The van der Waals surface area contributed by atoms with Crippen LogP contribution < -0.4 is 5.32 Å². The molecule has 0 aliphatic carbocycles. The summed E-state index contributed by atoms with van der Waals surface area (Å²) in [4.78, 5) is 0. The minimum absolute atomic E-state index is 0.223. The quantitative estimate of drug-likeness (QED) is 0.730. The third kappa shape index (κ3) is 2.93. The third-order valence-corrected chi connectivity index (χ3v) is 2.62. The van der Waals surface area contributed by atoms with Crippen LogP contribution in [0.15, 0.2) is 16.8 Å². The van der Waals surface area contributed by atoms with Crippen LogP contribution in [0.25, 0.3) is 0 Å². The Morgan fingerprint density at radius 1 is 1.67 bits per heavy atom. The van der Waals surface area contributed by atoms with E-state index in [4.69, 9.17) is 5.11 Å². The average molecular weight is 185 g/mol. The number of aliphatic hydroxyl groups excluding tert-OH is 1. The molecule has 2 nitrogen and oxygen atoms in total. The van der Waals surface area contributed by atoms with Crippen LogP contribution >= 0.6 is 11.3 Å². The van der Waals surface area contributed by atoms with Crippen molar-refractivity contribution in [1.82, 2.24) is 5.32 Å². The number of rotatable bonds is 5. The Kier molecular flexibility index (Phi) is 4.29. The summed E-state index contributed by atoms with van der Waals surface area (Å²) >= 11 is 1.70. The lowest BCUT2D eigenvalue weighted by Gasteiger charge is -2.12. The van der Waals surface area contributed by atoms with Gasteiger partial charge in [0.1, 0.15) is 0 Å². The maximum atomic E-state index is 8.89. The van der Waals surface area contributed by atoms with Crippen LogP contribution in [-0.2, 0) is 6.54 Å². The van der Waals surface area contributed by atoms with Crippen molar-refractivity contribution >= 4 is 11.3 Å². The fourth-order valence-corrected chi connectivity index (χ4v) is 1.66. The predicted molar refractivity (Wildman–Crippen MR) is 52.3 cm³/mol. The second kappa shape index (κ2) is 5.30. The van der Waals surface area contributed by atoms with Crippen LogP contribution in [-0.4, -0.2) is 17.8 Å². The van der Waals surface area contributed by atoms with Gasteiger partial charge < -0.3 is 10.4 Å². The first kappa shape index (κ1) is 9.71. The van der Waals surface area contributed by atoms with Gasteiger partial charge in [-0.1, -0.05) is 6.92 Å². The van der Waals surface area contributed by atoms with E-state index in [1.165, 1.54) is 5.56 Å². The summed E-state index contributed by atoms with van der Waals surface area (Å²) in [5, 5.41) is 16.4. The molecule has 12 heavy (non-hydrogen) atoms. The lowest BCUT2D eigenvalue weighted by Crippen LogP contribution is -2.30. The molecule has 0 aromatic carbocycles. The van der Waals surface area contributed by atoms with Gasteiger partial charge in [0.05, 0.1) is 6.61 Å². The van der Waals surface area contributed by atoms with Gasteiger partial charge in [0.2, 0.25) is 0 Å². The van der Waals surface area contributed by atoms with E-state index in [-0.39, 0.29) is 12.6 Å². The number of nitrogens with one attached hydrogen (secondary N) is 1. The van der Waals surface area contributed by atoms with E-state index < -0.39 is 0 Å². The largest absolute Gasteiger partial charge is 0.395 e. The zero-order valence-corrected chi connectivity index (χ0v) is 8.10. The standard InChI is InChI=1S/C9H15NOS/c1-2-9(6-11)10-5-8-3-4-12-7-8/h3-4,7,9-11H,2,5-6H2,1H3/t9-/m0/s1. The van der Waals surface area contributed by atoms with Crippen molar-refractivity contribution < 1.29 is 5.11 Å². The van der Waals surface area contributed by atoms with Crippen molar-refractivity contribution in [1.29, 1.82) is 0 Å². The van der Waals surface area contributed by atoms with Crippen molar-refractivity contribution in [3.8, 4) is 0 Å². The third-order valence-electron chi connectivity index (χ3n) is 1.89. The normalized spacial score (nSPS) is 13.2. The second-order valence-corrected chi connectivity index (χ2v) is 3.58. The highest BCUT2D eigenvalue weighted by Gasteiger charge is 2.02. The molecule has 1 heterocycles. The summed E-state index contributed by atoms with van der Waals surface area (Å²) in [6, 6.07) is 2.34.